The Morgan fingerprint density at radius 1 is 1.00 bits per heavy atom. The number of nitriles is 1. The Kier molecular flexibility index (Phi) is 5.53. The van der Waals surface area contributed by atoms with Crippen molar-refractivity contribution in [1.82, 2.24) is 10.2 Å². The van der Waals surface area contributed by atoms with E-state index >= 15 is 0 Å². The number of rotatable bonds is 6. The summed E-state index contributed by atoms with van der Waals surface area (Å²) in [6.07, 6.45) is 2.04. The van der Waals surface area contributed by atoms with Gasteiger partial charge in [0.1, 0.15) is 0 Å². The van der Waals surface area contributed by atoms with Gasteiger partial charge in [-0.1, -0.05) is 60.7 Å². The fourth-order valence-electron chi connectivity index (χ4n) is 4.91. The molecule has 1 saturated carbocycles. The van der Waals surface area contributed by atoms with Crippen LogP contribution in [0.2, 0.25) is 0 Å². The van der Waals surface area contributed by atoms with Gasteiger partial charge in [0.05, 0.1) is 11.5 Å². The second kappa shape index (κ2) is 8.90. The SMILES string of the molecule is N#CC1(c2ccc(-c3ccccc3C/C=C3\Cc4ccc(-c5nnc(C(F)F)o5)cc4C3=O)cc2)CC1. The number of Topliss-reactive ketones (excluding diaryl/α,β-unsaturated/α-hetero) is 1. The molecule has 1 fully saturated rings. The summed E-state index contributed by atoms with van der Waals surface area (Å²) >= 11 is 0. The van der Waals surface area contributed by atoms with E-state index in [1.54, 1.807) is 18.2 Å². The number of hydrogen-bond donors (Lipinski definition) is 0. The van der Waals surface area contributed by atoms with Crippen LogP contribution in [0.5, 0.6) is 0 Å². The molecular formula is C30H21F2N3O2. The van der Waals surface area contributed by atoms with E-state index in [1.807, 2.05) is 30.3 Å². The van der Waals surface area contributed by atoms with Crippen LogP contribution in [0, 0.1) is 11.3 Å². The quantitative estimate of drug-likeness (QED) is 0.276. The third-order valence-electron chi connectivity index (χ3n) is 7.20. The van der Waals surface area contributed by atoms with Crippen LogP contribution in [-0.4, -0.2) is 16.0 Å². The van der Waals surface area contributed by atoms with Crippen molar-refractivity contribution >= 4 is 5.78 Å². The first-order chi connectivity index (χ1) is 18.0. The van der Waals surface area contributed by atoms with Crippen molar-refractivity contribution in [2.45, 2.75) is 37.5 Å². The topological polar surface area (TPSA) is 79.8 Å². The molecule has 0 spiro atoms. The Bertz CT molecular complexity index is 1590. The molecule has 0 unspecified atom stereocenters. The highest BCUT2D eigenvalue weighted by Gasteiger charge is 2.44. The van der Waals surface area contributed by atoms with Crippen LogP contribution in [0.4, 0.5) is 8.78 Å². The van der Waals surface area contributed by atoms with Gasteiger partial charge in [0.25, 0.3) is 5.89 Å². The van der Waals surface area contributed by atoms with Gasteiger partial charge >= 0.3 is 6.43 Å². The molecule has 0 radical (unpaired) electrons. The lowest BCUT2D eigenvalue weighted by molar-refractivity contribution is 0.103. The van der Waals surface area contributed by atoms with Gasteiger partial charge in [-0.15, -0.1) is 10.2 Å². The van der Waals surface area contributed by atoms with Gasteiger partial charge in [-0.25, -0.2) is 0 Å². The van der Waals surface area contributed by atoms with Crippen molar-refractivity contribution in [3.63, 3.8) is 0 Å². The minimum atomic E-state index is -2.85. The van der Waals surface area contributed by atoms with Gasteiger partial charge in [-0.05, 0) is 59.2 Å². The Morgan fingerprint density at radius 2 is 1.76 bits per heavy atom. The first-order valence-electron chi connectivity index (χ1n) is 12.1. The van der Waals surface area contributed by atoms with Crippen molar-refractivity contribution in [2.75, 3.05) is 0 Å². The number of nitrogens with zero attached hydrogens (tertiary/aromatic N) is 3. The van der Waals surface area contributed by atoms with Gasteiger partial charge in [0.15, 0.2) is 5.78 Å². The molecule has 0 atom stereocenters. The third-order valence-corrected chi connectivity index (χ3v) is 7.20. The van der Waals surface area contributed by atoms with Crippen molar-refractivity contribution in [1.29, 1.82) is 5.26 Å². The summed E-state index contributed by atoms with van der Waals surface area (Å²) in [5.41, 5.74) is 6.54. The number of ketones is 1. The molecule has 1 heterocycles. The van der Waals surface area contributed by atoms with E-state index in [9.17, 15) is 18.8 Å². The minimum Gasteiger partial charge on any atom is -0.415 e. The number of halogens is 2. The highest BCUT2D eigenvalue weighted by Crippen LogP contribution is 2.47. The molecule has 6 rings (SSSR count). The third kappa shape index (κ3) is 4.15. The van der Waals surface area contributed by atoms with Crippen LogP contribution in [0.1, 0.15) is 52.2 Å². The van der Waals surface area contributed by atoms with Crippen LogP contribution >= 0.6 is 0 Å². The zero-order chi connectivity index (χ0) is 25.6. The van der Waals surface area contributed by atoms with Gasteiger partial charge in [-0.3, -0.25) is 4.79 Å². The Balaban J connectivity index is 1.23. The number of carbonyl (C=O) groups is 1. The fraction of sp³-hybridized carbons (Fsp3) is 0.200. The second-order valence-corrected chi connectivity index (χ2v) is 9.49. The summed E-state index contributed by atoms with van der Waals surface area (Å²) in [7, 11) is 0. The van der Waals surface area contributed by atoms with Crippen LogP contribution in [-0.2, 0) is 18.3 Å². The number of allylic oxidation sites excluding steroid dienone is 2. The van der Waals surface area contributed by atoms with Crippen LogP contribution < -0.4 is 0 Å². The van der Waals surface area contributed by atoms with E-state index in [1.165, 1.54) is 0 Å². The first-order valence-corrected chi connectivity index (χ1v) is 12.1. The first kappa shape index (κ1) is 23.0. The lowest BCUT2D eigenvalue weighted by Gasteiger charge is -2.11. The molecule has 2 aliphatic carbocycles. The molecule has 4 aromatic rings. The molecule has 37 heavy (non-hydrogen) atoms. The summed E-state index contributed by atoms with van der Waals surface area (Å²) in [6.45, 7) is 0. The average Bonchev–Trinajstić information content (AvgIpc) is 3.45. The number of carbonyl (C=O) groups excluding carboxylic acids is 1. The molecule has 0 saturated heterocycles. The van der Waals surface area contributed by atoms with Gasteiger partial charge < -0.3 is 4.42 Å². The second-order valence-electron chi connectivity index (χ2n) is 9.49. The van der Waals surface area contributed by atoms with Crippen molar-refractivity contribution in [2.24, 2.45) is 0 Å². The molecule has 5 nitrogen and oxygen atoms in total. The van der Waals surface area contributed by atoms with E-state index in [4.69, 9.17) is 4.42 Å². The highest BCUT2D eigenvalue weighted by molar-refractivity contribution is 6.13. The van der Waals surface area contributed by atoms with Gasteiger partial charge in [0, 0.05) is 23.1 Å². The molecule has 182 valence electrons. The standard InChI is InChI=1S/C30H21F2N3O2/c31-27(32)29-35-34-28(37-29)22-8-6-20-15-21(26(36)25(20)16-22)7-5-18-3-1-2-4-24(18)19-9-11-23(12-10-19)30(17-33)13-14-30/h1-4,6-12,16,27H,5,13-15H2/b21-7+. The normalized spacial score (nSPS) is 16.7. The van der Waals surface area contributed by atoms with E-state index in [-0.39, 0.29) is 17.1 Å². The molecule has 7 heteroatoms. The summed E-state index contributed by atoms with van der Waals surface area (Å²) < 4.78 is 30.6. The van der Waals surface area contributed by atoms with E-state index in [2.05, 4.69) is 40.5 Å². The number of fused-ring (bicyclic) bond motifs is 1. The summed E-state index contributed by atoms with van der Waals surface area (Å²) in [5, 5.41) is 16.5. The van der Waals surface area contributed by atoms with Gasteiger partial charge in [0.2, 0.25) is 5.89 Å². The molecular weight excluding hydrogens is 472 g/mol. The largest absolute Gasteiger partial charge is 0.415 e. The van der Waals surface area contributed by atoms with Gasteiger partial charge in [-0.2, -0.15) is 14.0 Å². The molecule has 0 aliphatic heterocycles. The number of hydrogen-bond acceptors (Lipinski definition) is 5. The van der Waals surface area contributed by atoms with Crippen molar-refractivity contribution in [3.8, 4) is 28.7 Å². The van der Waals surface area contributed by atoms with Crippen molar-refractivity contribution < 1.29 is 18.0 Å². The molecule has 1 aromatic heterocycles. The molecule has 0 bridgehead atoms. The van der Waals surface area contributed by atoms with Crippen molar-refractivity contribution in [3.05, 3.63) is 107 Å². The van der Waals surface area contributed by atoms with Crippen LogP contribution in [0.15, 0.2) is 82.8 Å². The van der Waals surface area contributed by atoms with Crippen LogP contribution in [0.25, 0.3) is 22.6 Å². The average molecular weight is 494 g/mol. The lowest BCUT2D eigenvalue weighted by Crippen LogP contribution is -2.01. The molecule has 3 aromatic carbocycles. The maximum Gasteiger partial charge on any atom is 0.314 e. The maximum atomic E-state index is 13.2. The number of benzene rings is 3. The Labute approximate surface area is 212 Å². The zero-order valence-corrected chi connectivity index (χ0v) is 19.7. The minimum absolute atomic E-state index is 0.0364. The van der Waals surface area contributed by atoms with E-state index < -0.39 is 12.3 Å². The predicted octanol–water partition coefficient (Wildman–Crippen LogP) is 6.80. The number of aromatic nitrogens is 2. The van der Waals surface area contributed by atoms with E-state index in [0.717, 1.165) is 40.7 Å². The maximum absolute atomic E-state index is 13.2. The zero-order valence-electron chi connectivity index (χ0n) is 19.7. The fourth-order valence-corrected chi connectivity index (χ4v) is 4.91. The Morgan fingerprint density at radius 3 is 2.46 bits per heavy atom. The summed E-state index contributed by atoms with van der Waals surface area (Å²) in [6, 6.07) is 23.9. The predicted molar refractivity (Wildman–Crippen MR) is 133 cm³/mol. The summed E-state index contributed by atoms with van der Waals surface area (Å²) in [4.78, 5) is 13.2. The molecule has 2 aliphatic rings. The smallest absolute Gasteiger partial charge is 0.314 e. The molecule has 0 N–H and O–H groups in total. The number of alkyl halides is 2. The molecule has 0 amide bonds. The Hall–Kier alpha value is -4.44. The highest BCUT2D eigenvalue weighted by atomic mass is 19.3. The lowest BCUT2D eigenvalue weighted by atomic mass is 9.92. The van der Waals surface area contributed by atoms with Crippen LogP contribution in [0.3, 0.4) is 0 Å². The van der Waals surface area contributed by atoms with E-state index in [0.29, 0.717) is 29.5 Å². The summed E-state index contributed by atoms with van der Waals surface area (Å²) in [5.74, 6) is -0.864. The monoisotopic (exact) mass is 493 g/mol.